The molecule has 2 heterocycles. The summed E-state index contributed by atoms with van der Waals surface area (Å²) < 4.78 is 0. The Hall–Kier alpha value is -3.80. The van der Waals surface area contributed by atoms with Crippen LogP contribution in [0, 0.1) is 0 Å². The number of pyridine rings is 2. The van der Waals surface area contributed by atoms with Crippen molar-refractivity contribution in [3.63, 3.8) is 0 Å². The third kappa shape index (κ3) is 3.64. The molecule has 0 aliphatic carbocycles. The first-order valence-corrected chi connectivity index (χ1v) is 8.17. The molecular weight excluding hydrogens is 324 g/mol. The Kier molecular flexibility index (Phi) is 4.47. The molecule has 0 aliphatic rings. The van der Waals surface area contributed by atoms with Crippen LogP contribution < -0.4 is 10.9 Å². The molecule has 0 fully saturated rings. The zero-order chi connectivity index (χ0) is 17.6. The van der Waals surface area contributed by atoms with Crippen LogP contribution in [0.4, 0.5) is 11.6 Å². The summed E-state index contributed by atoms with van der Waals surface area (Å²) in [5, 5.41) is 10.4. The number of anilines is 2. The number of hydrogen-bond donors (Lipinski definition) is 2. The molecule has 0 spiro atoms. The lowest BCUT2D eigenvalue weighted by Crippen LogP contribution is -1.96. The smallest absolute Gasteiger partial charge is 0.146 e. The van der Waals surface area contributed by atoms with Crippen LogP contribution in [0.5, 0.6) is 0 Å². The molecule has 0 aliphatic heterocycles. The van der Waals surface area contributed by atoms with E-state index in [-0.39, 0.29) is 0 Å². The highest BCUT2D eigenvalue weighted by Crippen LogP contribution is 2.15. The van der Waals surface area contributed by atoms with Gasteiger partial charge in [-0.15, -0.1) is 0 Å². The third-order valence-corrected chi connectivity index (χ3v) is 3.77. The molecule has 26 heavy (non-hydrogen) atoms. The van der Waals surface area contributed by atoms with Crippen molar-refractivity contribution in [1.29, 1.82) is 0 Å². The number of nitrogens with one attached hydrogen (secondary N) is 2. The number of hydrazone groups is 2. The van der Waals surface area contributed by atoms with Gasteiger partial charge in [0.2, 0.25) is 0 Å². The van der Waals surface area contributed by atoms with Crippen LogP contribution in [0.3, 0.4) is 0 Å². The minimum Gasteiger partial charge on any atom is -0.261 e. The molecule has 4 aromatic rings. The highest BCUT2D eigenvalue weighted by molar-refractivity contribution is 6.16. The number of benzene rings is 2. The summed E-state index contributed by atoms with van der Waals surface area (Å²) >= 11 is 0. The summed E-state index contributed by atoms with van der Waals surface area (Å²) in [6.07, 6.45) is 3.09. The van der Waals surface area contributed by atoms with Crippen molar-refractivity contribution >= 4 is 45.9 Å². The molecule has 0 bridgehead atoms. The fourth-order valence-corrected chi connectivity index (χ4v) is 2.53. The van der Waals surface area contributed by atoms with Crippen molar-refractivity contribution < 1.29 is 0 Å². The maximum Gasteiger partial charge on any atom is 0.146 e. The molecule has 4 rings (SSSR count). The predicted molar refractivity (Wildman–Crippen MR) is 108 cm³/mol. The zero-order valence-electron chi connectivity index (χ0n) is 13.9. The van der Waals surface area contributed by atoms with Crippen molar-refractivity contribution in [1.82, 2.24) is 9.97 Å². The lowest BCUT2D eigenvalue weighted by molar-refractivity contribution is 1.26. The number of aromatic nitrogens is 2. The highest BCUT2D eigenvalue weighted by atomic mass is 15.3. The Labute approximate surface area is 150 Å². The number of para-hydroxylation sites is 2. The molecule has 2 N–H and O–H groups in total. The van der Waals surface area contributed by atoms with E-state index in [1.165, 1.54) is 0 Å². The van der Waals surface area contributed by atoms with Gasteiger partial charge in [-0.05, 0) is 36.4 Å². The van der Waals surface area contributed by atoms with Gasteiger partial charge in [-0.2, -0.15) is 10.2 Å². The fraction of sp³-hybridized carbons (Fsp3) is 0. The summed E-state index contributed by atoms with van der Waals surface area (Å²) in [6, 6.07) is 23.6. The molecule has 0 saturated heterocycles. The first kappa shape index (κ1) is 15.7. The average Bonchev–Trinajstić information content (AvgIpc) is 2.70. The average molecular weight is 340 g/mol. The Morgan fingerprint density at radius 1 is 0.577 bits per heavy atom. The molecular formula is C20H16N6. The van der Waals surface area contributed by atoms with Crippen molar-refractivity contribution in [3.05, 3.63) is 72.8 Å². The molecule has 0 unspecified atom stereocenters. The molecule has 0 atom stereocenters. The Morgan fingerprint density at radius 3 is 1.54 bits per heavy atom. The molecule has 2 aromatic heterocycles. The van der Waals surface area contributed by atoms with Crippen LogP contribution in [0.1, 0.15) is 0 Å². The van der Waals surface area contributed by atoms with E-state index in [1.54, 1.807) is 12.4 Å². The molecule has 0 amide bonds. The van der Waals surface area contributed by atoms with E-state index in [2.05, 4.69) is 31.0 Å². The maximum absolute atomic E-state index is 4.47. The Balaban J connectivity index is 1.34. The van der Waals surface area contributed by atoms with E-state index >= 15 is 0 Å². The Morgan fingerprint density at radius 2 is 1.04 bits per heavy atom. The van der Waals surface area contributed by atoms with Crippen molar-refractivity contribution in [2.24, 2.45) is 10.2 Å². The molecule has 2 aromatic carbocycles. The molecule has 6 heteroatoms. The lowest BCUT2D eigenvalue weighted by atomic mass is 10.2. The molecule has 6 nitrogen and oxygen atoms in total. The van der Waals surface area contributed by atoms with Gasteiger partial charge in [0.05, 0.1) is 23.5 Å². The van der Waals surface area contributed by atoms with E-state index in [4.69, 9.17) is 0 Å². The number of nitrogens with zero attached hydrogens (tertiary/aromatic N) is 4. The number of hydrogen-bond acceptors (Lipinski definition) is 6. The van der Waals surface area contributed by atoms with Gasteiger partial charge in [0.15, 0.2) is 0 Å². The van der Waals surface area contributed by atoms with E-state index in [0.29, 0.717) is 11.6 Å². The van der Waals surface area contributed by atoms with Gasteiger partial charge in [-0.25, -0.2) is 9.97 Å². The van der Waals surface area contributed by atoms with Gasteiger partial charge in [-0.1, -0.05) is 36.4 Å². The maximum atomic E-state index is 4.47. The summed E-state index contributed by atoms with van der Waals surface area (Å²) in [5.41, 5.74) is 7.61. The van der Waals surface area contributed by atoms with Crippen LogP contribution in [0.15, 0.2) is 83.0 Å². The van der Waals surface area contributed by atoms with Crippen molar-refractivity contribution in [2.75, 3.05) is 10.9 Å². The van der Waals surface area contributed by atoms with Gasteiger partial charge in [0.25, 0.3) is 0 Å². The van der Waals surface area contributed by atoms with Crippen LogP contribution >= 0.6 is 0 Å². The second-order valence-corrected chi connectivity index (χ2v) is 5.56. The van der Waals surface area contributed by atoms with Crippen LogP contribution in [0.2, 0.25) is 0 Å². The van der Waals surface area contributed by atoms with Crippen LogP contribution in [-0.4, -0.2) is 22.4 Å². The first-order valence-electron chi connectivity index (χ1n) is 8.17. The minimum absolute atomic E-state index is 0.678. The monoisotopic (exact) mass is 340 g/mol. The first-order chi connectivity index (χ1) is 12.9. The van der Waals surface area contributed by atoms with Crippen molar-refractivity contribution in [3.8, 4) is 0 Å². The normalized spacial score (nSPS) is 11.5. The van der Waals surface area contributed by atoms with Gasteiger partial charge in [0, 0.05) is 10.8 Å². The van der Waals surface area contributed by atoms with Gasteiger partial charge >= 0.3 is 0 Å². The lowest BCUT2D eigenvalue weighted by Gasteiger charge is -2.01. The highest BCUT2D eigenvalue weighted by Gasteiger charge is 1.96. The van der Waals surface area contributed by atoms with Crippen LogP contribution in [0.25, 0.3) is 21.8 Å². The summed E-state index contributed by atoms with van der Waals surface area (Å²) in [6.45, 7) is 0. The topological polar surface area (TPSA) is 74.6 Å². The van der Waals surface area contributed by atoms with Crippen LogP contribution in [-0.2, 0) is 0 Å². The second-order valence-electron chi connectivity index (χ2n) is 5.56. The SMILES string of the molecule is C(/C=N/Nc1ccc2ccccc2n1)=NNc1ccc2ccccc2n1. The number of fused-ring (bicyclic) bond motifs is 2. The van der Waals surface area contributed by atoms with E-state index in [1.807, 2.05) is 72.8 Å². The van der Waals surface area contributed by atoms with Gasteiger partial charge in [-0.3, -0.25) is 10.9 Å². The Bertz CT molecular complexity index is 1010. The van der Waals surface area contributed by atoms with E-state index in [0.717, 1.165) is 21.8 Å². The van der Waals surface area contributed by atoms with E-state index in [9.17, 15) is 0 Å². The fourth-order valence-electron chi connectivity index (χ4n) is 2.53. The van der Waals surface area contributed by atoms with Crippen molar-refractivity contribution in [2.45, 2.75) is 0 Å². The number of rotatable bonds is 5. The van der Waals surface area contributed by atoms with Gasteiger partial charge in [0.1, 0.15) is 11.6 Å². The minimum atomic E-state index is 0.678. The quantitative estimate of drug-likeness (QED) is 0.420. The molecule has 0 radical (unpaired) electrons. The standard InChI is InChI=1S/C20H16N6/c1-3-7-17-15(5-1)9-11-19(23-17)25-21-13-14-22-26-20-12-10-16-6-2-4-8-18(16)24-20/h1-14H,(H,23,25)(H,24,26)/b21-13+,22-14?. The summed E-state index contributed by atoms with van der Waals surface area (Å²) in [4.78, 5) is 8.95. The van der Waals surface area contributed by atoms with E-state index < -0.39 is 0 Å². The predicted octanol–water partition coefficient (Wildman–Crippen LogP) is 4.28. The molecule has 0 saturated carbocycles. The summed E-state index contributed by atoms with van der Waals surface area (Å²) in [5.74, 6) is 1.36. The largest absolute Gasteiger partial charge is 0.261 e. The second kappa shape index (κ2) is 7.40. The third-order valence-electron chi connectivity index (χ3n) is 3.77. The van der Waals surface area contributed by atoms with Gasteiger partial charge < -0.3 is 0 Å². The summed E-state index contributed by atoms with van der Waals surface area (Å²) in [7, 11) is 0. The zero-order valence-corrected chi connectivity index (χ0v) is 13.9. The molecule has 126 valence electrons.